The number of methoxy groups -OCH3 is 1. The lowest BCUT2D eigenvalue weighted by molar-refractivity contribution is -0.140. The topological polar surface area (TPSA) is 68.7 Å². The molecule has 2 heterocycles. The van der Waals surface area contributed by atoms with Crippen molar-refractivity contribution in [3.05, 3.63) is 53.1 Å². The Morgan fingerprint density at radius 1 is 1.22 bits per heavy atom. The third kappa shape index (κ3) is 5.62. The van der Waals surface area contributed by atoms with Gasteiger partial charge in [0.25, 0.3) is 0 Å². The molecule has 194 valence electrons. The molecule has 2 aromatic carbocycles. The molecule has 1 aliphatic rings. The van der Waals surface area contributed by atoms with Crippen molar-refractivity contribution in [3.8, 4) is 11.5 Å². The van der Waals surface area contributed by atoms with Gasteiger partial charge in [0.1, 0.15) is 30.2 Å². The second-order valence-corrected chi connectivity index (χ2v) is 8.78. The van der Waals surface area contributed by atoms with Crippen LogP contribution in [0.4, 0.5) is 23.4 Å². The van der Waals surface area contributed by atoms with Crippen molar-refractivity contribution >= 4 is 16.7 Å². The molecule has 7 nitrogen and oxygen atoms in total. The van der Waals surface area contributed by atoms with E-state index in [2.05, 4.69) is 20.2 Å². The normalized spacial score (nSPS) is 17.7. The Morgan fingerprint density at radius 2 is 2.00 bits per heavy atom. The first-order chi connectivity index (χ1) is 17.1. The van der Waals surface area contributed by atoms with Crippen LogP contribution in [0.3, 0.4) is 0 Å². The van der Waals surface area contributed by atoms with Crippen LogP contribution in [-0.2, 0) is 10.9 Å². The van der Waals surface area contributed by atoms with Crippen LogP contribution in [0.2, 0.25) is 0 Å². The summed E-state index contributed by atoms with van der Waals surface area (Å²) in [6.07, 6.45) is -4.91. The van der Waals surface area contributed by atoms with E-state index in [4.69, 9.17) is 14.2 Å². The highest BCUT2D eigenvalue weighted by molar-refractivity contribution is 5.92. The highest BCUT2D eigenvalue weighted by atomic mass is 19.4. The van der Waals surface area contributed by atoms with E-state index in [-0.39, 0.29) is 11.7 Å². The number of halogens is 4. The number of fused-ring (bicyclic) bond motifs is 1. The minimum absolute atomic E-state index is 0.111. The van der Waals surface area contributed by atoms with Gasteiger partial charge in [0.15, 0.2) is 11.5 Å². The molecule has 0 amide bonds. The summed E-state index contributed by atoms with van der Waals surface area (Å²) < 4.78 is 71.6. The fourth-order valence-corrected chi connectivity index (χ4v) is 4.17. The highest BCUT2D eigenvalue weighted by Crippen LogP contribution is 2.37. The van der Waals surface area contributed by atoms with E-state index in [1.807, 2.05) is 7.05 Å². The van der Waals surface area contributed by atoms with E-state index in [1.54, 1.807) is 26.0 Å². The van der Waals surface area contributed by atoms with Gasteiger partial charge in [-0.2, -0.15) is 13.2 Å². The van der Waals surface area contributed by atoms with Crippen molar-refractivity contribution in [2.45, 2.75) is 32.2 Å². The fourth-order valence-electron chi connectivity index (χ4n) is 4.17. The first-order valence-electron chi connectivity index (χ1n) is 11.5. The first kappa shape index (κ1) is 25.9. The monoisotopic (exact) mass is 508 g/mol. The van der Waals surface area contributed by atoms with Crippen LogP contribution in [-0.4, -0.2) is 61.4 Å². The van der Waals surface area contributed by atoms with Gasteiger partial charge in [-0.15, -0.1) is 0 Å². The first-order valence-corrected chi connectivity index (χ1v) is 11.5. The molecule has 0 radical (unpaired) electrons. The number of rotatable bonds is 7. The highest BCUT2D eigenvalue weighted by Gasteiger charge is 2.35. The number of nitrogens with one attached hydrogen (secondary N) is 1. The molecule has 0 unspecified atom stereocenters. The summed E-state index contributed by atoms with van der Waals surface area (Å²) >= 11 is 0. The van der Waals surface area contributed by atoms with Gasteiger partial charge in [0, 0.05) is 30.1 Å². The Hall–Kier alpha value is -3.18. The molecule has 0 bridgehead atoms. The van der Waals surface area contributed by atoms with Crippen LogP contribution < -0.4 is 14.8 Å². The van der Waals surface area contributed by atoms with Gasteiger partial charge in [-0.25, -0.2) is 14.4 Å². The molecule has 0 spiro atoms. The Balaban J connectivity index is 1.65. The van der Waals surface area contributed by atoms with E-state index < -0.39 is 23.6 Å². The van der Waals surface area contributed by atoms with Gasteiger partial charge in [-0.3, -0.25) is 0 Å². The third-order valence-electron chi connectivity index (χ3n) is 6.01. The molecule has 1 aliphatic heterocycles. The van der Waals surface area contributed by atoms with Crippen molar-refractivity contribution in [1.82, 2.24) is 14.9 Å². The van der Waals surface area contributed by atoms with E-state index in [0.29, 0.717) is 47.3 Å². The average Bonchev–Trinajstić information content (AvgIpc) is 2.81. The predicted molar refractivity (Wildman–Crippen MR) is 127 cm³/mol. The van der Waals surface area contributed by atoms with Gasteiger partial charge < -0.3 is 24.4 Å². The summed E-state index contributed by atoms with van der Waals surface area (Å²) in [5, 5.41) is 3.60. The lowest BCUT2D eigenvalue weighted by Gasteiger charge is -2.30. The number of aryl methyl sites for hydroxylation is 1. The molecule has 36 heavy (non-hydrogen) atoms. The lowest BCUT2D eigenvalue weighted by atomic mass is 10.0. The molecule has 11 heteroatoms. The molecule has 4 rings (SSSR count). The van der Waals surface area contributed by atoms with Crippen molar-refractivity contribution in [3.63, 3.8) is 0 Å². The van der Waals surface area contributed by atoms with Crippen LogP contribution >= 0.6 is 0 Å². The molecule has 0 aliphatic carbocycles. The molecule has 3 aromatic rings. The second kappa shape index (κ2) is 10.4. The average molecular weight is 509 g/mol. The van der Waals surface area contributed by atoms with Crippen molar-refractivity contribution < 1.29 is 31.8 Å². The summed E-state index contributed by atoms with van der Waals surface area (Å²) in [7, 11) is 3.53. The smallest absolute Gasteiger partial charge is 0.419 e. The number of benzene rings is 2. The van der Waals surface area contributed by atoms with Crippen LogP contribution in [0.25, 0.3) is 10.9 Å². The van der Waals surface area contributed by atoms with Crippen LogP contribution in [0.5, 0.6) is 11.5 Å². The van der Waals surface area contributed by atoms with E-state index in [9.17, 15) is 17.6 Å². The predicted octanol–water partition coefficient (Wildman–Crippen LogP) is 4.99. The van der Waals surface area contributed by atoms with Crippen molar-refractivity contribution in [2.75, 3.05) is 45.8 Å². The number of morpholine rings is 1. The van der Waals surface area contributed by atoms with E-state index >= 15 is 0 Å². The lowest BCUT2D eigenvalue weighted by Crippen LogP contribution is -2.42. The number of likely N-dealkylation sites (N-methyl/N-ethyl adjacent to an activating group) is 1. The standard InChI is InChI=1S/C25H28F4N4O3/c1-14(17-6-5-7-19(23(17)26)25(27,28)29)30-24-18-10-22(36-13-16-12-33(3)8-9-35-16)21(34-4)11-20(18)31-15(2)32-24/h5-7,10-11,14,16H,8-9,12-13H2,1-4H3,(H,30,31,32)/t14-,16-/m1/s1. The fraction of sp³-hybridized carbons (Fsp3) is 0.440. The van der Waals surface area contributed by atoms with Crippen molar-refractivity contribution in [2.24, 2.45) is 0 Å². The number of anilines is 1. The Bertz CT molecular complexity index is 1240. The minimum Gasteiger partial charge on any atom is -0.493 e. The number of hydrogen-bond donors (Lipinski definition) is 1. The van der Waals surface area contributed by atoms with Crippen LogP contribution in [0.15, 0.2) is 30.3 Å². The zero-order chi connectivity index (χ0) is 26.0. The number of hydrogen-bond acceptors (Lipinski definition) is 7. The number of alkyl halides is 3. The van der Waals surface area contributed by atoms with Gasteiger partial charge in [0.2, 0.25) is 0 Å². The molecule has 1 saturated heterocycles. The van der Waals surface area contributed by atoms with Crippen molar-refractivity contribution in [1.29, 1.82) is 0 Å². The van der Waals surface area contributed by atoms with Crippen LogP contribution in [0.1, 0.15) is 29.9 Å². The maximum absolute atomic E-state index is 14.7. The number of aromatic nitrogens is 2. The quantitative estimate of drug-likeness (QED) is 0.451. The second-order valence-electron chi connectivity index (χ2n) is 8.78. The number of nitrogens with zero attached hydrogens (tertiary/aromatic N) is 3. The summed E-state index contributed by atoms with van der Waals surface area (Å²) in [5.74, 6) is 0.352. The summed E-state index contributed by atoms with van der Waals surface area (Å²) in [5.41, 5.74) is -0.897. The maximum Gasteiger partial charge on any atom is 0.419 e. The Kier molecular flexibility index (Phi) is 7.51. The van der Waals surface area contributed by atoms with E-state index in [0.717, 1.165) is 19.2 Å². The van der Waals surface area contributed by atoms with Gasteiger partial charge in [-0.1, -0.05) is 12.1 Å². The molecule has 0 saturated carbocycles. The summed E-state index contributed by atoms with van der Waals surface area (Å²) in [6.45, 7) is 5.75. The molecule has 1 N–H and O–H groups in total. The van der Waals surface area contributed by atoms with Crippen LogP contribution in [0, 0.1) is 12.7 Å². The zero-order valence-corrected chi connectivity index (χ0v) is 20.4. The molecule has 1 aromatic heterocycles. The molecule has 2 atom stereocenters. The van der Waals surface area contributed by atoms with Gasteiger partial charge in [-0.05, 0) is 33.0 Å². The molecular weight excluding hydrogens is 480 g/mol. The Morgan fingerprint density at radius 3 is 2.69 bits per heavy atom. The van der Waals surface area contributed by atoms with Gasteiger partial charge >= 0.3 is 6.18 Å². The largest absolute Gasteiger partial charge is 0.493 e. The van der Waals surface area contributed by atoms with Gasteiger partial charge in [0.05, 0.1) is 30.8 Å². The third-order valence-corrected chi connectivity index (χ3v) is 6.01. The summed E-state index contributed by atoms with van der Waals surface area (Å²) in [6, 6.07) is 5.81. The maximum atomic E-state index is 14.7. The van der Waals surface area contributed by atoms with E-state index in [1.165, 1.54) is 19.2 Å². The Labute approximate surface area is 206 Å². The number of ether oxygens (including phenoxy) is 3. The summed E-state index contributed by atoms with van der Waals surface area (Å²) in [4.78, 5) is 11.0. The molecular formula is C25H28F4N4O3. The minimum atomic E-state index is -4.79. The SMILES string of the molecule is COc1cc2nc(C)nc(N[C@H](C)c3cccc(C(F)(F)F)c3F)c2cc1OC[C@H]1CN(C)CCO1. The zero-order valence-electron chi connectivity index (χ0n) is 20.4. The molecule has 1 fully saturated rings.